The summed E-state index contributed by atoms with van der Waals surface area (Å²) < 4.78 is 25.6. The van der Waals surface area contributed by atoms with Gasteiger partial charge >= 0.3 is 0 Å². The zero-order valence-corrected chi connectivity index (χ0v) is 21.6. The van der Waals surface area contributed by atoms with E-state index >= 15 is 0 Å². The smallest absolute Gasteiger partial charge is 0.224 e. The third-order valence-corrected chi connectivity index (χ3v) is 7.33. The molecule has 2 aliphatic rings. The molecule has 0 bridgehead atoms. The second kappa shape index (κ2) is 9.96. The number of rotatable bonds is 5. The molecule has 190 valence electrons. The van der Waals surface area contributed by atoms with E-state index in [1.54, 1.807) is 12.1 Å². The Labute approximate surface area is 215 Å². The van der Waals surface area contributed by atoms with Crippen LogP contribution in [0.4, 0.5) is 10.1 Å². The fraction of sp³-hybridized carbons (Fsp3) is 0.429. The van der Waals surface area contributed by atoms with Crippen LogP contribution in [0.1, 0.15) is 37.8 Å². The highest BCUT2D eigenvalue weighted by Gasteiger charge is 2.39. The Morgan fingerprint density at radius 2 is 1.89 bits per heavy atom. The first-order valence-corrected chi connectivity index (χ1v) is 12.8. The van der Waals surface area contributed by atoms with Crippen LogP contribution in [-0.4, -0.2) is 49.0 Å². The van der Waals surface area contributed by atoms with E-state index in [0.717, 1.165) is 53.6 Å². The van der Waals surface area contributed by atoms with Gasteiger partial charge in [-0.3, -0.25) is 4.79 Å². The topological polar surface area (TPSA) is 63.7 Å². The number of amides is 1. The molecule has 8 heteroatoms. The number of ether oxygens (including phenoxy) is 2. The van der Waals surface area contributed by atoms with E-state index in [9.17, 15) is 9.18 Å². The normalized spacial score (nSPS) is 17.3. The first-order chi connectivity index (χ1) is 17.2. The van der Waals surface area contributed by atoms with Gasteiger partial charge in [-0.1, -0.05) is 11.6 Å². The number of benzene rings is 2. The Morgan fingerprint density at radius 3 is 2.56 bits per heavy atom. The van der Waals surface area contributed by atoms with Crippen LogP contribution in [-0.2, 0) is 20.7 Å². The van der Waals surface area contributed by atoms with Crippen molar-refractivity contribution in [1.82, 2.24) is 10.3 Å². The zero-order chi connectivity index (χ0) is 25.4. The predicted octanol–water partition coefficient (Wildman–Crippen LogP) is 5.41. The lowest BCUT2D eigenvalue weighted by Gasteiger charge is -2.38. The average molecular weight is 512 g/mol. The van der Waals surface area contributed by atoms with Gasteiger partial charge in [-0.25, -0.2) is 9.37 Å². The summed E-state index contributed by atoms with van der Waals surface area (Å²) in [6, 6.07) is 10.8. The largest absolute Gasteiger partial charge is 0.371 e. The van der Waals surface area contributed by atoms with Crippen molar-refractivity contribution < 1.29 is 18.7 Å². The van der Waals surface area contributed by atoms with Gasteiger partial charge in [0, 0.05) is 48.6 Å². The highest BCUT2D eigenvalue weighted by molar-refractivity contribution is 6.31. The molecule has 3 heterocycles. The van der Waals surface area contributed by atoms with Gasteiger partial charge in [-0.15, -0.1) is 0 Å². The molecule has 1 aromatic heterocycles. The molecule has 3 aromatic rings. The van der Waals surface area contributed by atoms with Gasteiger partial charge in [0.2, 0.25) is 5.91 Å². The van der Waals surface area contributed by atoms with Gasteiger partial charge in [0.1, 0.15) is 5.82 Å². The van der Waals surface area contributed by atoms with Crippen molar-refractivity contribution in [2.45, 2.75) is 51.9 Å². The van der Waals surface area contributed by atoms with E-state index in [0.29, 0.717) is 24.5 Å². The number of carbonyl (C=O) groups excluding carboxylic acids is 1. The summed E-state index contributed by atoms with van der Waals surface area (Å²) in [4.78, 5) is 20.1. The summed E-state index contributed by atoms with van der Waals surface area (Å²) in [6.07, 6.45) is 1.82. The van der Waals surface area contributed by atoms with Crippen LogP contribution in [0.5, 0.6) is 0 Å². The summed E-state index contributed by atoms with van der Waals surface area (Å²) >= 11 is 6.09. The average Bonchev–Trinajstić information content (AvgIpc) is 3.30. The Bertz CT molecular complexity index is 1300. The SMILES string of the molecule is Cc1c(CC(=O)NC(C)C)c(-c2ccc(F)c(Cl)c2)nc2ccc(N3CCC4(CC3)OCCO4)cc12. The minimum atomic E-state index is -0.488. The summed E-state index contributed by atoms with van der Waals surface area (Å²) in [6.45, 7) is 8.89. The summed E-state index contributed by atoms with van der Waals surface area (Å²) in [5.41, 5.74) is 5.04. The second-order valence-electron chi connectivity index (χ2n) is 9.89. The fourth-order valence-corrected chi connectivity index (χ4v) is 5.35. The first-order valence-electron chi connectivity index (χ1n) is 12.5. The molecule has 1 amide bonds. The molecule has 36 heavy (non-hydrogen) atoms. The molecule has 0 radical (unpaired) electrons. The van der Waals surface area contributed by atoms with Crippen molar-refractivity contribution in [3.8, 4) is 11.3 Å². The molecule has 0 unspecified atom stereocenters. The van der Waals surface area contributed by atoms with Crippen LogP contribution in [0.15, 0.2) is 36.4 Å². The van der Waals surface area contributed by atoms with Crippen molar-refractivity contribution >= 4 is 34.1 Å². The molecule has 2 fully saturated rings. The summed E-state index contributed by atoms with van der Waals surface area (Å²) in [5.74, 6) is -0.997. The molecule has 2 aliphatic heterocycles. The maximum atomic E-state index is 13.9. The lowest BCUT2D eigenvalue weighted by atomic mass is 9.94. The first kappa shape index (κ1) is 24.9. The highest BCUT2D eigenvalue weighted by Crippen LogP contribution is 2.36. The van der Waals surface area contributed by atoms with E-state index < -0.39 is 11.6 Å². The van der Waals surface area contributed by atoms with Crippen LogP contribution >= 0.6 is 11.6 Å². The Morgan fingerprint density at radius 1 is 1.17 bits per heavy atom. The summed E-state index contributed by atoms with van der Waals surface area (Å²) in [7, 11) is 0. The molecule has 0 atom stereocenters. The van der Waals surface area contributed by atoms with E-state index in [-0.39, 0.29) is 23.4 Å². The number of aromatic nitrogens is 1. The molecule has 0 saturated carbocycles. The van der Waals surface area contributed by atoms with Gasteiger partial charge in [-0.05, 0) is 68.3 Å². The number of nitrogens with zero attached hydrogens (tertiary/aromatic N) is 2. The molecule has 1 N–H and O–H groups in total. The van der Waals surface area contributed by atoms with Crippen LogP contribution in [0.25, 0.3) is 22.2 Å². The second-order valence-corrected chi connectivity index (χ2v) is 10.3. The predicted molar refractivity (Wildman–Crippen MR) is 140 cm³/mol. The summed E-state index contributed by atoms with van der Waals surface area (Å²) in [5, 5.41) is 3.99. The van der Waals surface area contributed by atoms with Crippen molar-refractivity contribution in [3.63, 3.8) is 0 Å². The molecule has 1 spiro atoms. The zero-order valence-electron chi connectivity index (χ0n) is 20.9. The van der Waals surface area contributed by atoms with E-state index in [1.807, 2.05) is 26.8 Å². The van der Waals surface area contributed by atoms with E-state index in [1.165, 1.54) is 6.07 Å². The van der Waals surface area contributed by atoms with Gasteiger partial charge in [0.15, 0.2) is 5.79 Å². The molecule has 6 nitrogen and oxygen atoms in total. The van der Waals surface area contributed by atoms with Crippen LogP contribution in [0.3, 0.4) is 0 Å². The number of aryl methyl sites for hydroxylation is 1. The Hall–Kier alpha value is -2.74. The number of fused-ring (bicyclic) bond motifs is 1. The van der Waals surface area contributed by atoms with E-state index in [4.69, 9.17) is 26.1 Å². The molecular formula is C28H31ClFN3O3. The quantitative estimate of drug-likeness (QED) is 0.496. The number of pyridine rings is 1. The molecule has 0 aliphatic carbocycles. The van der Waals surface area contributed by atoms with Crippen LogP contribution < -0.4 is 10.2 Å². The van der Waals surface area contributed by atoms with Crippen molar-refractivity contribution in [3.05, 3.63) is 58.4 Å². The minimum absolute atomic E-state index is 0.0248. The number of nitrogens with one attached hydrogen (secondary N) is 1. The van der Waals surface area contributed by atoms with Crippen molar-refractivity contribution in [1.29, 1.82) is 0 Å². The molecule has 2 saturated heterocycles. The number of piperidine rings is 1. The number of hydrogen-bond acceptors (Lipinski definition) is 5. The molecule has 2 aromatic carbocycles. The number of anilines is 1. The number of carbonyl (C=O) groups is 1. The Balaban J connectivity index is 1.54. The van der Waals surface area contributed by atoms with Crippen molar-refractivity contribution in [2.24, 2.45) is 0 Å². The van der Waals surface area contributed by atoms with Gasteiger partial charge in [0.25, 0.3) is 0 Å². The minimum Gasteiger partial charge on any atom is -0.371 e. The van der Waals surface area contributed by atoms with E-state index in [2.05, 4.69) is 22.3 Å². The van der Waals surface area contributed by atoms with Crippen molar-refractivity contribution in [2.75, 3.05) is 31.2 Å². The molecule has 5 rings (SSSR count). The Kier molecular flexibility index (Phi) is 6.90. The lowest BCUT2D eigenvalue weighted by molar-refractivity contribution is -0.169. The van der Waals surface area contributed by atoms with Gasteiger partial charge < -0.3 is 19.7 Å². The van der Waals surface area contributed by atoms with Crippen LogP contribution in [0.2, 0.25) is 5.02 Å². The maximum Gasteiger partial charge on any atom is 0.224 e. The third-order valence-electron chi connectivity index (χ3n) is 7.04. The number of halogens is 2. The standard InChI is InChI=1S/C28H31ClFN3O3/c1-17(2)31-26(34)16-22-18(3)21-15-20(33-10-8-28(9-11-33)35-12-13-36-28)5-7-25(21)32-27(22)19-4-6-24(30)23(29)14-19/h4-7,14-15,17H,8-13,16H2,1-3H3,(H,31,34). The number of hydrogen-bond donors (Lipinski definition) is 1. The lowest BCUT2D eigenvalue weighted by Crippen LogP contribution is -2.45. The fourth-order valence-electron chi connectivity index (χ4n) is 5.17. The van der Waals surface area contributed by atoms with Gasteiger partial charge in [0.05, 0.1) is 35.9 Å². The third kappa shape index (κ3) is 4.92. The maximum absolute atomic E-state index is 13.9. The monoisotopic (exact) mass is 511 g/mol. The van der Waals surface area contributed by atoms with Gasteiger partial charge in [-0.2, -0.15) is 0 Å². The van der Waals surface area contributed by atoms with Crippen LogP contribution in [0, 0.1) is 12.7 Å². The highest BCUT2D eigenvalue weighted by atomic mass is 35.5. The molecular weight excluding hydrogens is 481 g/mol.